The zero-order valence-electron chi connectivity index (χ0n) is 13.9. The number of hydrogen-bond acceptors (Lipinski definition) is 6. The Kier molecular flexibility index (Phi) is 16.1. The van der Waals surface area contributed by atoms with Crippen LogP contribution in [0.5, 0.6) is 0 Å². The molecule has 0 rings (SSSR count). The summed E-state index contributed by atoms with van der Waals surface area (Å²) < 4.78 is 0. The van der Waals surface area contributed by atoms with Crippen LogP contribution < -0.4 is 0 Å². The van der Waals surface area contributed by atoms with Crippen LogP contribution in [0.3, 0.4) is 0 Å². The Morgan fingerprint density at radius 3 is 1.00 bits per heavy atom. The average molecular weight is 339 g/mol. The highest BCUT2D eigenvalue weighted by Gasteiger charge is 2.06. The Bertz CT molecular complexity index is 369. The van der Waals surface area contributed by atoms with Crippen molar-refractivity contribution in [2.24, 2.45) is 0 Å². The maximum Gasteiger partial charge on any atom is 0.406 e. The van der Waals surface area contributed by atoms with Gasteiger partial charge in [0.1, 0.15) is 0 Å². The first-order chi connectivity index (χ1) is 10.3. The standard InChI is InChI=1S/C5H9NO4.C4H9NO2.C3H7NO2/c1-6(2-4(7)8)3-5(9)10;1-5(2)3-4(6)7;1-4(2)3(5)6/h2-3H2,1H3,(H,7,8)(H,9,10);3H2,1-2H3,(H,6,7);1-2H3,(H,5,6). The van der Waals surface area contributed by atoms with Crippen LogP contribution in [0.1, 0.15) is 0 Å². The van der Waals surface area contributed by atoms with Gasteiger partial charge in [-0.1, -0.05) is 0 Å². The van der Waals surface area contributed by atoms with E-state index in [4.69, 9.17) is 20.4 Å². The van der Waals surface area contributed by atoms with E-state index >= 15 is 0 Å². The predicted molar refractivity (Wildman–Crippen MR) is 80.7 cm³/mol. The zero-order chi connectivity index (χ0) is 19.2. The smallest absolute Gasteiger partial charge is 0.406 e. The Morgan fingerprint density at radius 2 is 0.913 bits per heavy atom. The minimum Gasteiger partial charge on any atom is -0.480 e. The van der Waals surface area contributed by atoms with Crippen molar-refractivity contribution in [3.8, 4) is 0 Å². The van der Waals surface area contributed by atoms with Crippen molar-refractivity contribution in [3.63, 3.8) is 0 Å². The molecule has 0 saturated carbocycles. The fraction of sp³-hybridized carbons (Fsp3) is 0.667. The monoisotopic (exact) mass is 339 g/mol. The van der Waals surface area contributed by atoms with E-state index in [0.717, 1.165) is 4.90 Å². The molecule has 0 aliphatic carbocycles. The molecule has 136 valence electrons. The molecule has 0 heterocycles. The van der Waals surface area contributed by atoms with Crippen molar-refractivity contribution in [3.05, 3.63) is 0 Å². The summed E-state index contributed by atoms with van der Waals surface area (Å²) in [6, 6.07) is 0. The maximum atomic E-state index is 9.96. The molecule has 23 heavy (non-hydrogen) atoms. The van der Waals surface area contributed by atoms with Crippen molar-refractivity contribution in [2.75, 3.05) is 54.9 Å². The van der Waals surface area contributed by atoms with Gasteiger partial charge in [0.2, 0.25) is 0 Å². The van der Waals surface area contributed by atoms with Crippen LogP contribution in [-0.4, -0.2) is 114 Å². The van der Waals surface area contributed by atoms with Crippen LogP contribution in [0.4, 0.5) is 4.79 Å². The average Bonchev–Trinajstić information content (AvgIpc) is 2.25. The quantitative estimate of drug-likeness (QED) is 0.470. The fourth-order valence-electron chi connectivity index (χ4n) is 0.788. The Balaban J connectivity index is -0.000000272. The minimum absolute atomic E-state index is 0.111. The normalized spacial score (nSPS) is 9.17. The molecule has 0 bridgehead atoms. The lowest BCUT2D eigenvalue weighted by atomic mass is 10.5. The van der Waals surface area contributed by atoms with Crippen LogP contribution in [-0.2, 0) is 14.4 Å². The van der Waals surface area contributed by atoms with E-state index in [-0.39, 0.29) is 19.6 Å². The number of hydrogen-bond donors (Lipinski definition) is 4. The van der Waals surface area contributed by atoms with Gasteiger partial charge in [0.25, 0.3) is 0 Å². The second-order valence-electron chi connectivity index (χ2n) is 4.77. The highest BCUT2D eigenvalue weighted by Crippen LogP contribution is 1.80. The SMILES string of the molecule is CN(C)C(=O)O.CN(C)CC(=O)O.CN(CC(=O)O)CC(=O)O. The maximum absolute atomic E-state index is 9.96. The lowest BCUT2D eigenvalue weighted by molar-refractivity contribution is -0.141. The number of carbonyl (C=O) groups is 4. The van der Waals surface area contributed by atoms with Gasteiger partial charge < -0.3 is 25.3 Å². The fourth-order valence-corrected chi connectivity index (χ4v) is 0.788. The minimum atomic E-state index is -1.02. The van der Waals surface area contributed by atoms with E-state index in [9.17, 15) is 19.2 Å². The first kappa shape index (κ1) is 25.5. The Labute approximate surface area is 134 Å². The molecule has 4 N–H and O–H groups in total. The number of carboxylic acid groups (broad SMARTS) is 4. The lowest BCUT2D eigenvalue weighted by Gasteiger charge is -2.08. The molecule has 0 aromatic heterocycles. The van der Waals surface area contributed by atoms with Gasteiger partial charge in [-0.25, -0.2) is 4.79 Å². The van der Waals surface area contributed by atoms with Gasteiger partial charge in [-0.05, 0) is 21.1 Å². The summed E-state index contributed by atoms with van der Waals surface area (Å²) >= 11 is 0. The van der Waals surface area contributed by atoms with Gasteiger partial charge in [-0.15, -0.1) is 0 Å². The third-order valence-corrected chi connectivity index (χ3v) is 1.64. The molecule has 0 saturated heterocycles. The van der Waals surface area contributed by atoms with Crippen molar-refractivity contribution < 1.29 is 39.6 Å². The topological polar surface area (TPSA) is 159 Å². The summed E-state index contributed by atoms with van der Waals surface area (Å²) in [7, 11) is 7.81. The molecule has 0 unspecified atom stereocenters. The first-order valence-electron chi connectivity index (χ1n) is 6.18. The van der Waals surface area contributed by atoms with Gasteiger partial charge in [0.15, 0.2) is 0 Å². The van der Waals surface area contributed by atoms with Gasteiger partial charge in [-0.3, -0.25) is 24.2 Å². The molecule has 0 spiro atoms. The highest BCUT2D eigenvalue weighted by molar-refractivity contribution is 5.72. The van der Waals surface area contributed by atoms with Gasteiger partial charge in [0, 0.05) is 14.1 Å². The number of nitrogens with zero attached hydrogens (tertiary/aromatic N) is 3. The molecule has 11 heteroatoms. The van der Waals surface area contributed by atoms with Crippen LogP contribution in [0.15, 0.2) is 0 Å². The second kappa shape index (κ2) is 14.5. The third-order valence-electron chi connectivity index (χ3n) is 1.64. The van der Waals surface area contributed by atoms with E-state index in [1.165, 1.54) is 26.0 Å². The summed E-state index contributed by atoms with van der Waals surface area (Å²) in [6.45, 7) is -0.376. The number of aliphatic carboxylic acids is 3. The van der Waals surface area contributed by atoms with Crippen LogP contribution in [0.25, 0.3) is 0 Å². The van der Waals surface area contributed by atoms with Crippen molar-refractivity contribution in [1.82, 2.24) is 14.7 Å². The molecule has 0 aliphatic heterocycles. The van der Waals surface area contributed by atoms with E-state index < -0.39 is 24.0 Å². The molecule has 0 atom stereocenters. The number of rotatable bonds is 6. The summed E-state index contributed by atoms with van der Waals surface area (Å²) in [5.74, 6) is -2.84. The second-order valence-corrected chi connectivity index (χ2v) is 4.77. The van der Waals surface area contributed by atoms with Gasteiger partial charge >= 0.3 is 24.0 Å². The summed E-state index contributed by atoms with van der Waals surface area (Å²) in [6.07, 6.45) is -0.907. The Hall–Kier alpha value is -2.40. The summed E-state index contributed by atoms with van der Waals surface area (Å²) in [5, 5.41) is 32.3. The largest absolute Gasteiger partial charge is 0.480 e. The molecular formula is C12H25N3O8. The lowest BCUT2D eigenvalue weighted by Crippen LogP contribution is -2.30. The van der Waals surface area contributed by atoms with E-state index in [0.29, 0.717) is 0 Å². The van der Waals surface area contributed by atoms with Crippen LogP contribution in [0.2, 0.25) is 0 Å². The van der Waals surface area contributed by atoms with E-state index in [1.54, 1.807) is 19.0 Å². The molecule has 11 nitrogen and oxygen atoms in total. The molecular weight excluding hydrogens is 314 g/mol. The summed E-state index contributed by atoms with van der Waals surface area (Å²) in [5.41, 5.74) is 0. The number of likely N-dealkylation sites (N-methyl/N-ethyl adjacent to an activating group) is 2. The molecule has 0 aliphatic rings. The number of carboxylic acids is 3. The molecule has 0 aromatic rings. The zero-order valence-corrected chi connectivity index (χ0v) is 13.9. The number of amides is 1. The van der Waals surface area contributed by atoms with Crippen molar-refractivity contribution in [2.45, 2.75) is 0 Å². The molecule has 1 amide bonds. The Morgan fingerprint density at radius 1 is 0.652 bits per heavy atom. The highest BCUT2D eigenvalue weighted by atomic mass is 16.4. The summed E-state index contributed by atoms with van der Waals surface area (Å²) in [4.78, 5) is 43.2. The van der Waals surface area contributed by atoms with Crippen LogP contribution >= 0.6 is 0 Å². The van der Waals surface area contributed by atoms with E-state index in [2.05, 4.69) is 0 Å². The predicted octanol–water partition coefficient (Wildman–Crippen LogP) is -1.05. The van der Waals surface area contributed by atoms with E-state index in [1.807, 2.05) is 0 Å². The van der Waals surface area contributed by atoms with Crippen LogP contribution in [0, 0.1) is 0 Å². The van der Waals surface area contributed by atoms with Gasteiger partial charge in [-0.2, -0.15) is 0 Å². The molecule has 0 aromatic carbocycles. The molecule has 0 radical (unpaired) electrons. The third kappa shape index (κ3) is 32.8. The molecule has 0 fully saturated rings. The first-order valence-corrected chi connectivity index (χ1v) is 6.18. The van der Waals surface area contributed by atoms with Crippen molar-refractivity contribution in [1.29, 1.82) is 0 Å². The van der Waals surface area contributed by atoms with Gasteiger partial charge in [0.05, 0.1) is 19.6 Å². The van der Waals surface area contributed by atoms with Crippen molar-refractivity contribution >= 4 is 24.0 Å².